The van der Waals surface area contributed by atoms with Gasteiger partial charge in [0.2, 0.25) is 5.82 Å². The first kappa shape index (κ1) is 31.1. The van der Waals surface area contributed by atoms with Gasteiger partial charge in [-0.15, -0.1) is 0 Å². The number of aryl methyl sites for hydroxylation is 1. The highest BCUT2D eigenvalue weighted by Gasteiger charge is 2.38. The number of hydrogen-bond acceptors (Lipinski definition) is 1. The Hall–Kier alpha value is -2.46. The normalized spacial score (nSPS) is 13.7. The second kappa shape index (κ2) is 12.8. The van der Waals surface area contributed by atoms with Gasteiger partial charge in [0.25, 0.3) is 0 Å². The maximum atomic E-state index is 15.0. The van der Waals surface area contributed by atoms with E-state index >= 15 is 8.78 Å². The Morgan fingerprint density at radius 3 is 1.92 bits per heavy atom. The quantitative estimate of drug-likeness (QED) is 0.0741. The Morgan fingerprint density at radius 2 is 1.38 bits per heavy atom. The van der Waals surface area contributed by atoms with E-state index in [1.807, 2.05) is 50.2 Å². The van der Waals surface area contributed by atoms with E-state index in [2.05, 4.69) is 33.8 Å². The SMILES string of the molecule is CCCCCC(CC)(Pc1c(F)c(F)c(F)c(F)c1F)c1cc(C(C)(C)C)cc(C)c1OCc1ccccc1. The number of rotatable bonds is 11. The summed E-state index contributed by atoms with van der Waals surface area (Å²) in [5.41, 5.74) is 3.34. The molecule has 0 N–H and O–H groups in total. The maximum Gasteiger partial charge on any atom is 0.200 e. The average molecular weight is 565 g/mol. The van der Waals surface area contributed by atoms with Crippen LogP contribution in [0.25, 0.3) is 0 Å². The summed E-state index contributed by atoms with van der Waals surface area (Å²) in [7, 11) is -0.692. The third kappa shape index (κ3) is 6.82. The maximum absolute atomic E-state index is 15.0. The van der Waals surface area contributed by atoms with E-state index < -0.39 is 48.1 Å². The molecule has 0 saturated carbocycles. The molecule has 0 bridgehead atoms. The number of hydrogen-bond donors (Lipinski definition) is 0. The molecule has 3 aromatic rings. The predicted molar refractivity (Wildman–Crippen MR) is 151 cm³/mol. The van der Waals surface area contributed by atoms with Crippen LogP contribution in [0.5, 0.6) is 5.75 Å². The van der Waals surface area contributed by atoms with Crippen molar-refractivity contribution < 1.29 is 26.7 Å². The van der Waals surface area contributed by atoms with Crippen molar-refractivity contribution in [3.8, 4) is 5.75 Å². The van der Waals surface area contributed by atoms with Crippen LogP contribution in [-0.2, 0) is 17.2 Å². The first-order valence-corrected chi connectivity index (χ1v) is 14.5. The Labute approximate surface area is 231 Å². The Kier molecular flexibility index (Phi) is 10.2. The molecule has 212 valence electrons. The van der Waals surface area contributed by atoms with Gasteiger partial charge in [0, 0.05) is 10.7 Å². The molecule has 0 heterocycles. The summed E-state index contributed by atoms with van der Waals surface area (Å²) in [5.74, 6) is -8.86. The minimum atomic E-state index is -2.14. The molecular formula is C32H38F5OP. The summed E-state index contributed by atoms with van der Waals surface area (Å²) in [5, 5.41) is -1.65. The van der Waals surface area contributed by atoms with Gasteiger partial charge in [-0.1, -0.05) is 105 Å². The van der Waals surface area contributed by atoms with Crippen LogP contribution < -0.4 is 10.0 Å². The molecule has 3 rings (SSSR count). The van der Waals surface area contributed by atoms with E-state index in [9.17, 15) is 13.2 Å². The smallest absolute Gasteiger partial charge is 0.200 e. The molecule has 0 saturated heterocycles. The second-order valence-corrected chi connectivity index (χ2v) is 12.9. The number of halogens is 5. The molecule has 39 heavy (non-hydrogen) atoms. The van der Waals surface area contributed by atoms with E-state index in [0.717, 1.165) is 41.5 Å². The third-order valence-corrected chi connectivity index (χ3v) is 9.31. The minimum absolute atomic E-state index is 0.242. The standard InChI is InChI=1S/C32H38F5OP/c1-7-9-13-16-32(8-2,39-30-27(36)25(34)24(33)26(35)28(30)37)23-18-22(31(4,5)6)17-20(3)29(23)38-19-21-14-11-10-12-15-21/h10-12,14-15,17-18,39H,7-9,13,16,19H2,1-6H3. The highest BCUT2D eigenvalue weighted by Crippen LogP contribution is 2.53. The molecule has 0 aliphatic heterocycles. The first-order chi connectivity index (χ1) is 18.4. The van der Waals surface area contributed by atoms with Crippen molar-refractivity contribution in [2.24, 2.45) is 0 Å². The Balaban J connectivity index is 2.27. The zero-order valence-corrected chi connectivity index (χ0v) is 24.6. The Bertz CT molecular complexity index is 1260. The molecule has 7 heteroatoms. The Morgan fingerprint density at radius 1 is 0.795 bits per heavy atom. The monoisotopic (exact) mass is 564 g/mol. The van der Waals surface area contributed by atoms with Gasteiger partial charge >= 0.3 is 0 Å². The zero-order valence-electron chi connectivity index (χ0n) is 23.6. The second-order valence-electron chi connectivity index (χ2n) is 11.2. The van der Waals surface area contributed by atoms with Crippen LogP contribution in [-0.4, -0.2) is 0 Å². The van der Waals surface area contributed by atoms with Crippen LogP contribution in [0.1, 0.15) is 89.0 Å². The van der Waals surface area contributed by atoms with Crippen LogP contribution in [0, 0.1) is 36.0 Å². The van der Waals surface area contributed by atoms with E-state index in [4.69, 9.17) is 4.74 Å². The first-order valence-electron chi connectivity index (χ1n) is 13.5. The highest BCUT2D eigenvalue weighted by atomic mass is 31.1. The molecule has 0 aromatic heterocycles. The van der Waals surface area contributed by atoms with E-state index in [0.29, 0.717) is 18.6 Å². The lowest BCUT2D eigenvalue weighted by Crippen LogP contribution is -2.28. The summed E-state index contributed by atoms with van der Waals surface area (Å²) >= 11 is 0. The van der Waals surface area contributed by atoms with Crippen LogP contribution in [0.3, 0.4) is 0 Å². The lowest BCUT2D eigenvalue weighted by molar-refractivity contribution is 0.295. The molecule has 0 fully saturated rings. The van der Waals surface area contributed by atoms with Gasteiger partial charge in [0.15, 0.2) is 23.3 Å². The average Bonchev–Trinajstić information content (AvgIpc) is 2.91. The van der Waals surface area contributed by atoms with Crippen LogP contribution in [0.2, 0.25) is 0 Å². The fourth-order valence-corrected chi connectivity index (χ4v) is 6.55. The van der Waals surface area contributed by atoms with Gasteiger partial charge < -0.3 is 4.74 Å². The third-order valence-electron chi connectivity index (χ3n) is 7.27. The van der Waals surface area contributed by atoms with Crippen LogP contribution >= 0.6 is 8.58 Å². The van der Waals surface area contributed by atoms with Crippen molar-refractivity contribution in [2.45, 2.75) is 90.8 Å². The van der Waals surface area contributed by atoms with Gasteiger partial charge in [0.05, 0.1) is 5.30 Å². The lowest BCUT2D eigenvalue weighted by Gasteiger charge is -2.37. The largest absolute Gasteiger partial charge is 0.488 e. The summed E-state index contributed by atoms with van der Waals surface area (Å²) in [4.78, 5) is 0. The van der Waals surface area contributed by atoms with E-state index in [1.165, 1.54) is 0 Å². The minimum Gasteiger partial charge on any atom is -0.488 e. The van der Waals surface area contributed by atoms with Gasteiger partial charge in [-0.25, -0.2) is 22.0 Å². The summed E-state index contributed by atoms with van der Waals surface area (Å²) in [6.45, 7) is 12.4. The van der Waals surface area contributed by atoms with Gasteiger partial charge in [-0.3, -0.25) is 0 Å². The fraction of sp³-hybridized carbons (Fsp3) is 0.438. The van der Waals surface area contributed by atoms with E-state index in [-0.39, 0.29) is 12.0 Å². The molecule has 0 aliphatic carbocycles. The molecule has 3 aromatic carbocycles. The lowest BCUT2D eigenvalue weighted by atomic mass is 9.80. The topological polar surface area (TPSA) is 9.23 Å². The summed E-state index contributed by atoms with van der Waals surface area (Å²) in [6.07, 6.45) is 3.49. The van der Waals surface area contributed by atoms with Crippen LogP contribution in [0.4, 0.5) is 22.0 Å². The van der Waals surface area contributed by atoms with Crippen molar-refractivity contribution in [2.75, 3.05) is 0 Å². The van der Waals surface area contributed by atoms with Gasteiger partial charge in [-0.05, 0) is 41.9 Å². The van der Waals surface area contributed by atoms with Crippen molar-refractivity contribution in [3.05, 3.63) is 93.8 Å². The molecule has 2 unspecified atom stereocenters. The predicted octanol–water partition coefficient (Wildman–Crippen LogP) is 9.76. The summed E-state index contributed by atoms with van der Waals surface area (Å²) < 4.78 is 79.0. The number of benzene rings is 3. The molecule has 0 spiro atoms. The highest BCUT2D eigenvalue weighted by molar-refractivity contribution is 7.48. The molecule has 0 radical (unpaired) electrons. The zero-order chi connectivity index (χ0) is 29.0. The molecule has 0 amide bonds. The molecular weight excluding hydrogens is 526 g/mol. The van der Waals surface area contributed by atoms with Gasteiger partial charge in [-0.2, -0.15) is 0 Å². The van der Waals surface area contributed by atoms with Crippen molar-refractivity contribution in [3.63, 3.8) is 0 Å². The van der Waals surface area contributed by atoms with Crippen LogP contribution in [0.15, 0.2) is 42.5 Å². The molecule has 2 atom stereocenters. The van der Waals surface area contributed by atoms with Crippen molar-refractivity contribution >= 4 is 13.9 Å². The fourth-order valence-electron chi connectivity index (χ4n) is 4.83. The van der Waals surface area contributed by atoms with E-state index in [1.54, 1.807) is 0 Å². The van der Waals surface area contributed by atoms with Crippen molar-refractivity contribution in [1.82, 2.24) is 0 Å². The number of unbranched alkanes of at least 4 members (excludes halogenated alkanes) is 2. The van der Waals surface area contributed by atoms with Gasteiger partial charge in [0.1, 0.15) is 12.4 Å². The van der Waals surface area contributed by atoms with Crippen molar-refractivity contribution in [1.29, 1.82) is 0 Å². The molecule has 1 nitrogen and oxygen atoms in total. The number of ether oxygens (including phenoxy) is 1. The molecule has 0 aliphatic rings. The summed E-state index contributed by atoms with van der Waals surface area (Å²) in [6, 6.07) is 13.7.